The highest BCUT2D eigenvalue weighted by molar-refractivity contribution is 8.32. The van der Waals surface area contributed by atoms with E-state index < -0.39 is 0 Å². The first-order valence-corrected chi connectivity index (χ1v) is 11.2. The van der Waals surface area contributed by atoms with Gasteiger partial charge in [-0.1, -0.05) is 77.6 Å². The quantitative estimate of drug-likeness (QED) is 0.342. The molecule has 0 fully saturated rings. The third-order valence-corrected chi connectivity index (χ3v) is 5.12. The minimum Gasteiger partial charge on any atom is -0.250 e. The highest BCUT2D eigenvalue weighted by Gasteiger charge is 2.02. The van der Waals surface area contributed by atoms with Gasteiger partial charge in [-0.25, -0.2) is 10.0 Å². The monoisotopic (exact) mass is 274 g/mol. The molecule has 0 aliphatic carbocycles. The molecule has 18 heavy (non-hydrogen) atoms. The van der Waals surface area contributed by atoms with Crippen molar-refractivity contribution in [3.63, 3.8) is 0 Å². The van der Waals surface area contributed by atoms with Gasteiger partial charge in [-0.05, 0) is 30.9 Å². The molecule has 0 radical (unpaired) electrons. The largest absolute Gasteiger partial charge is 0.250 e. The molecule has 0 aromatic heterocycles. The predicted molar refractivity (Wildman–Crippen MR) is 91.3 cm³/mol. The summed E-state index contributed by atoms with van der Waals surface area (Å²) in [5.41, 5.74) is 0. The van der Waals surface area contributed by atoms with Crippen molar-refractivity contribution in [2.75, 3.05) is 24.5 Å². The third kappa shape index (κ3) is 16.4. The van der Waals surface area contributed by atoms with Gasteiger partial charge in [0.1, 0.15) is 0 Å². The molecule has 0 amide bonds. The van der Waals surface area contributed by atoms with Crippen LogP contribution in [0.15, 0.2) is 0 Å². The van der Waals surface area contributed by atoms with Crippen LogP contribution in [-0.2, 0) is 0 Å². The first-order chi connectivity index (χ1) is 8.56. The average molecular weight is 275 g/mol. The van der Waals surface area contributed by atoms with Crippen molar-refractivity contribution in [2.24, 2.45) is 0 Å². The zero-order chi connectivity index (χ0) is 13.7. The molecule has 0 aromatic rings. The summed E-state index contributed by atoms with van der Waals surface area (Å²) in [6.45, 7) is 2.29. The van der Waals surface area contributed by atoms with Crippen LogP contribution in [0.3, 0.4) is 0 Å². The van der Waals surface area contributed by atoms with Gasteiger partial charge in [0, 0.05) is 0 Å². The van der Waals surface area contributed by atoms with Crippen LogP contribution in [0, 0.1) is 0 Å². The zero-order valence-corrected chi connectivity index (χ0v) is 14.4. The molecule has 0 aliphatic rings. The van der Waals surface area contributed by atoms with E-state index in [1.807, 2.05) is 0 Å². The van der Waals surface area contributed by atoms with Gasteiger partial charge in [-0.3, -0.25) is 0 Å². The molecule has 0 nitrogen and oxygen atoms in total. The van der Waals surface area contributed by atoms with Crippen molar-refractivity contribution < 1.29 is 0 Å². The summed E-state index contributed by atoms with van der Waals surface area (Å²) in [5, 5.41) is 0. The Morgan fingerprint density at radius 3 is 1.17 bits per heavy atom. The number of hydrogen-bond donors (Lipinski definition) is 0. The van der Waals surface area contributed by atoms with E-state index in [0.717, 1.165) is 0 Å². The van der Waals surface area contributed by atoms with E-state index in [1.165, 1.54) is 82.8 Å². The Hall–Kier alpha value is 0.350. The summed E-state index contributed by atoms with van der Waals surface area (Å²) in [6, 6.07) is 0. The fraction of sp³-hybridized carbons (Fsp3) is 1.00. The van der Waals surface area contributed by atoms with Crippen molar-refractivity contribution in [3.05, 3.63) is 0 Å². The van der Waals surface area contributed by atoms with Gasteiger partial charge in [0.15, 0.2) is 0 Å². The van der Waals surface area contributed by atoms with Gasteiger partial charge in [0.2, 0.25) is 0 Å². The number of rotatable bonds is 13. The molecule has 0 bridgehead atoms. The second-order valence-electron chi connectivity index (χ2n) is 6.68. The highest BCUT2D eigenvalue weighted by Crippen LogP contribution is 2.35. The maximum absolute atomic E-state index is 2.44. The summed E-state index contributed by atoms with van der Waals surface area (Å²) in [5.74, 6) is 1.48. The molecular weight excluding hydrogens is 236 g/mol. The fourth-order valence-electron chi connectivity index (χ4n) is 2.38. The summed E-state index contributed by atoms with van der Waals surface area (Å²) < 4.78 is 0. The highest BCUT2D eigenvalue weighted by atomic mass is 32.3. The Labute approximate surface area is 119 Å². The minimum absolute atomic E-state index is 0.237. The van der Waals surface area contributed by atoms with Crippen molar-refractivity contribution in [1.82, 2.24) is 0 Å². The van der Waals surface area contributed by atoms with Gasteiger partial charge in [-0.2, -0.15) is 0 Å². The van der Waals surface area contributed by atoms with Crippen LogP contribution >= 0.6 is 10.0 Å². The number of hydrogen-bond acceptors (Lipinski definition) is 0. The Morgan fingerprint density at radius 1 is 0.500 bits per heavy atom. The zero-order valence-electron chi connectivity index (χ0n) is 13.6. The summed E-state index contributed by atoms with van der Waals surface area (Å²) in [7, 11) is -0.237. The maximum atomic E-state index is 2.44. The lowest BCUT2D eigenvalue weighted by Gasteiger charge is -2.24. The minimum atomic E-state index is -0.237. The van der Waals surface area contributed by atoms with Crippen LogP contribution in [0.25, 0.3) is 0 Å². The van der Waals surface area contributed by atoms with Gasteiger partial charge in [0.05, 0.1) is 0 Å². The summed E-state index contributed by atoms with van der Waals surface area (Å²) >= 11 is 0. The van der Waals surface area contributed by atoms with E-state index in [2.05, 4.69) is 25.7 Å². The topological polar surface area (TPSA) is 0 Å². The Morgan fingerprint density at radius 2 is 0.833 bits per heavy atom. The van der Waals surface area contributed by atoms with Crippen molar-refractivity contribution in [2.45, 2.75) is 84.0 Å². The van der Waals surface area contributed by atoms with E-state index in [4.69, 9.17) is 0 Å². The van der Waals surface area contributed by atoms with Gasteiger partial charge in [0.25, 0.3) is 0 Å². The predicted octanol–water partition coefficient (Wildman–Crippen LogP) is 6.38. The van der Waals surface area contributed by atoms with Crippen LogP contribution in [0.1, 0.15) is 84.0 Å². The van der Waals surface area contributed by atoms with E-state index in [1.54, 1.807) is 0 Å². The summed E-state index contributed by atoms with van der Waals surface area (Å²) in [4.78, 5) is 0. The molecule has 1 heteroatoms. The molecule has 0 N–H and O–H groups in total. The Balaban J connectivity index is 2.99. The first-order valence-electron chi connectivity index (χ1n) is 8.22. The SMILES string of the molecule is CCCCCCCCCCCCCCS(C)(C)C. The van der Waals surface area contributed by atoms with E-state index in [0.29, 0.717) is 0 Å². The van der Waals surface area contributed by atoms with Crippen LogP contribution in [0.4, 0.5) is 0 Å². The molecule has 0 saturated carbocycles. The third-order valence-electron chi connectivity index (χ3n) is 3.61. The standard InChI is InChI=1S/C17H38S/c1-5-6-7-8-9-10-11-12-13-14-15-16-17-18(2,3)4/h5-17H2,1-4H3. The normalized spacial score (nSPS) is 12.9. The van der Waals surface area contributed by atoms with Crippen LogP contribution < -0.4 is 0 Å². The van der Waals surface area contributed by atoms with E-state index >= 15 is 0 Å². The number of unbranched alkanes of at least 4 members (excludes halogenated alkanes) is 11. The van der Waals surface area contributed by atoms with Gasteiger partial charge >= 0.3 is 0 Å². The lowest BCUT2D eigenvalue weighted by molar-refractivity contribution is 0.548. The van der Waals surface area contributed by atoms with Crippen LogP contribution in [0.5, 0.6) is 0 Å². The molecule has 0 saturated heterocycles. The molecule has 0 aliphatic heterocycles. The molecule has 0 rings (SSSR count). The second kappa shape index (κ2) is 12.4. The van der Waals surface area contributed by atoms with Gasteiger partial charge in [-0.15, -0.1) is 0 Å². The Bertz CT molecular complexity index is 157. The maximum Gasteiger partial charge on any atom is -0.0235 e. The first kappa shape index (κ1) is 18.4. The van der Waals surface area contributed by atoms with E-state index in [9.17, 15) is 0 Å². The lowest BCUT2D eigenvalue weighted by Crippen LogP contribution is -1.98. The molecule has 0 spiro atoms. The van der Waals surface area contributed by atoms with E-state index in [-0.39, 0.29) is 10.0 Å². The molecular formula is C17H38S. The van der Waals surface area contributed by atoms with Gasteiger partial charge < -0.3 is 0 Å². The molecule has 0 heterocycles. The Kier molecular flexibility index (Phi) is 12.6. The lowest BCUT2D eigenvalue weighted by atomic mass is 10.1. The van der Waals surface area contributed by atoms with Crippen molar-refractivity contribution >= 4 is 10.0 Å². The molecule has 112 valence electrons. The van der Waals surface area contributed by atoms with Crippen molar-refractivity contribution in [3.8, 4) is 0 Å². The van der Waals surface area contributed by atoms with Crippen molar-refractivity contribution in [1.29, 1.82) is 0 Å². The van der Waals surface area contributed by atoms with Crippen LogP contribution in [-0.4, -0.2) is 24.5 Å². The molecule has 0 unspecified atom stereocenters. The second-order valence-corrected chi connectivity index (χ2v) is 11.3. The van der Waals surface area contributed by atoms with Crippen LogP contribution in [0.2, 0.25) is 0 Å². The molecule has 0 atom stereocenters. The molecule has 0 aromatic carbocycles. The smallest absolute Gasteiger partial charge is 0.0235 e. The fourth-order valence-corrected chi connectivity index (χ4v) is 3.45. The average Bonchev–Trinajstić information content (AvgIpc) is 2.29. The summed E-state index contributed by atoms with van der Waals surface area (Å²) in [6.07, 6.45) is 24.9.